The van der Waals surface area contributed by atoms with Crippen molar-refractivity contribution < 1.29 is 14.0 Å². The molecule has 124 valence electrons. The van der Waals surface area contributed by atoms with Crippen LogP contribution >= 0.6 is 0 Å². The molecule has 3 rings (SSSR count). The summed E-state index contributed by atoms with van der Waals surface area (Å²) in [6.07, 6.45) is 3.41. The molecular weight excluding hydrogens is 322 g/mol. The molecule has 8 heteroatoms. The lowest BCUT2D eigenvalue weighted by Gasteiger charge is -2.10. The molecule has 1 atom stereocenters. The molecule has 0 aliphatic rings. The molecule has 0 aromatic carbocycles. The van der Waals surface area contributed by atoms with E-state index < -0.39 is 11.9 Å². The van der Waals surface area contributed by atoms with Crippen LogP contribution in [0.15, 0.2) is 41.1 Å². The molecule has 0 radical (unpaired) electrons. The van der Waals surface area contributed by atoms with Crippen molar-refractivity contribution >= 4 is 23.4 Å². The number of furan rings is 1. The number of hydrogen-bond acceptors (Lipinski definition) is 7. The molecule has 3 aromatic heterocycles. The fourth-order valence-electron chi connectivity index (χ4n) is 2.43. The quantitative estimate of drug-likeness (QED) is 0.674. The lowest BCUT2D eigenvalue weighted by atomic mass is 10.1. The molecule has 3 heterocycles. The molecule has 0 fully saturated rings. The molecule has 0 saturated heterocycles. The van der Waals surface area contributed by atoms with E-state index in [4.69, 9.17) is 9.68 Å². The lowest BCUT2D eigenvalue weighted by Crippen LogP contribution is -2.34. The van der Waals surface area contributed by atoms with Gasteiger partial charge < -0.3 is 9.73 Å². The zero-order valence-corrected chi connectivity index (χ0v) is 13.2. The SMILES string of the molecule is CNC(C(=O)NC=O)c1cc2nc(-c3cncc(C#N)c3)ccc2o1. The summed E-state index contributed by atoms with van der Waals surface area (Å²) in [5, 5.41) is 13.8. The van der Waals surface area contributed by atoms with E-state index in [1.165, 1.54) is 6.20 Å². The van der Waals surface area contributed by atoms with E-state index >= 15 is 0 Å². The molecule has 0 aliphatic carbocycles. The Morgan fingerprint density at radius 1 is 1.36 bits per heavy atom. The van der Waals surface area contributed by atoms with Crippen LogP contribution in [0.4, 0.5) is 0 Å². The van der Waals surface area contributed by atoms with Crippen molar-refractivity contribution in [2.75, 3.05) is 7.05 Å². The molecule has 2 N–H and O–H groups in total. The van der Waals surface area contributed by atoms with Gasteiger partial charge in [0.1, 0.15) is 23.4 Å². The topological polar surface area (TPSA) is 121 Å². The summed E-state index contributed by atoms with van der Waals surface area (Å²) in [7, 11) is 1.58. The summed E-state index contributed by atoms with van der Waals surface area (Å²) < 4.78 is 5.65. The second-order valence-electron chi connectivity index (χ2n) is 5.15. The highest BCUT2D eigenvalue weighted by Crippen LogP contribution is 2.26. The van der Waals surface area contributed by atoms with Gasteiger partial charge in [0.25, 0.3) is 5.91 Å². The Balaban J connectivity index is 2.00. The van der Waals surface area contributed by atoms with Gasteiger partial charge in [-0.05, 0) is 25.2 Å². The molecule has 1 unspecified atom stereocenters. The Hall–Kier alpha value is -3.57. The van der Waals surface area contributed by atoms with Gasteiger partial charge in [-0.15, -0.1) is 0 Å². The number of amides is 2. The fourth-order valence-corrected chi connectivity index (χ4v) is 2.43. The summed E-state index contributed by atoms with van der Waals surface area (Å²) in [4.78, 5) is 30.9. The first-order chi connectivity index (χ1) is 12.2. The maximum Gasteiger partial charge on any atom is 0.251 e. The van der Waals surface area contributed by atoms with E-state index in [9.17, 15) is 9.59 Å². The first-order valence-corrected chi connectivity index (χ1v) is 7.33. The fraction of sp³-hybridized carbons (Fsp3) is 0.118. The third-order valence-electron chi connectivity index (χ3n) is 3.59. The molecule has 3 aromatic rings. The molecule has 0 saturated carbocycles. The number of imide groups is 1. The standard InChI is InChI=1S/C17H13N5O3/c1-19-16(17(24)21-9-23)15-5-13-14(25-15)3-2-12(22-13)11-4-10(6-18)7-20-8-11/h2-5,7-9,16,19H,1H3,(H,21,23,24). The maximum absolute atomic E-state index is 11.9. The monoisotopic (exact) mass is 335 g/mol. The van der Waals surface area contributed by atoms with Crippen molar-refractivity contribution in [3.05, 3.63) is 48.0 Å². The normalized spacial score (nSPS) is 11.7. The van der Waals surface area contributed by atoms with Crippen LogP contribution in [0.1, 0.15) is 17.4 Å². The predicted octanol–water partition coefficient (Wildman–Crippen LogP) is 1.29. The number of rotatable bonds is 5. The van der Waals surface area contributed by atoms with E-state index in [1.54, 1.807) is 37.5 Å². The van der Waals surface area contributed by atoms with Gasteiger partial charge in [-0.3, -0.25) is 19.9 Å². The number of aromatic nitrogens is 2. The van der Waals surface area contributed by atoms with Crippen molar-refractivity contribution in [3.63, 3.8) is 0 Å². The zero-order chi connectivity index (χ0) is 17.8. The summed E-state index contributed by atoms with van der Waals surface area (Å²) in [5.41, 5.74) is 2.82. The Kier molecular flexibility index (Phi) is 4.50. The predicted molar refractivity (Wildman–Crippen MR) is 88.0 cm³/mol. The number of pyridine rings is 2. The molecule has 0 aliphatic heterocycles. The largest absolute Gasteiger partial charge is 0.457 e. The van der Waals surface area contributed by atoms with E-state index in [-0.39, 0.29) is 0 Å². The molecule has 25 heavy (non-hydrogen) atoms. The number of carbonyl (C=O) groups excluding carboxylic acids is 2. The molecule has 8 nitrogen and oxygen atoms in total. The summed E-state index contributed by atoms with van der Waals surface area (Å²) in [6, 6.07) is 8.01. The molecule has 0 bridgehead atoms. The van der Waals surface area contributed by atoms with Gasteiger partial charge in [0.15, 0.2) is 5.58 Å². The second kappa shape index (κ2) is 6.90. The number of likely N-dealkylation sites (N-methyl/N-ethyl adjacent to an activating group) is 1. The molecular formula is C17H13N5O3. The minimum atomic E-state index is -0.813. The van der Waals surface area contributed by atoms with Crippen LogP contribution in [0.3, 0.4) is 0 Å². The first kappa shape index (κ1) is 16.3. The van der Waals surface area contributed by atoms with Gasteiger partial charge in [0, 0.05) is 24.0 Å². The van der Waals surface area contributed by atoms with Gasteiger partial charge in [-0.1, -0.05) is 0 Å². The van der Waals surface area contributed by atoms with E-state index in [0.717, 1.165) is 0 Å². The number of nitriles is 1. The van der Waals surface area contributed by atoms with E-state index in [1.807, 2.05) is 6.07 Å². The highest BCUT2D eigenvalue weighted by atomic mass is 16.3. The van der Waals surface area contributed by atoms with Gasteiger partial charge in [-0.25, -0.2) is 4.98 Å². The number of carbonyl (C=O) groups is 2. The van der Waals surface area contributed by atoms with Crippen LogP contribution in [0, 0.1) is 11.3 Å². The van der Waals surface area contributed by atoms with Crippen LogP contribution in [0.25, 0.3) is 22.4 Å². The van der Waals surface area contributed by atoms with Gasteiger partial charge >= 0.3 is 0 Å². The summed E-state index contributed by atoms with van der Waals surface area (Å²) in [5.74, 6) is -0.187. The average molecular weight is 335 g/mol. The van der Waals surface area contributed by atoms with Gasteiger partial charge in [0.2, 0.25) is 6.41 Å². The van der Waals surface area contributed by atoms with E-state index in [0.29, 0.717) is 40.1 Å². The average Bonchev–Trinajstić information content (AvgIpc) is 3.05. The van der Waals surface area contributed by atoms with Crippen molar-refractivity contribution in [1.29, 1.82) is 5.26 Å². The van der Waals surface area contributed by atoms with Crippen LogP contribution in [-0.2, 0) is 9.59 Å². The Bertz CT molecular complexity index is 989. The van der Waals surface area contributed by atoms with Crippen LogP contribution in [0.2, 0.25) is 0 Å². The third kappa shape index (κ3) is 3.22. The van der Waals surface area contributed by atoms with Crippen LogP contribution in [-0.4, -0.2) is 29.3 Å². The Morgan fingerprint density at radius 3 is 2.92 bits per heavy atom. The molecule has 0 spiro atoms. The minimum absolute atomic E-state index is 0.320. The number of nitrogens with one attached hydrogen (secondary N) is 2. The maximum atomic E-state index is 11.9. The van der Waals surface area contributed by atoms with Gasteiger partial charge in [0.05, 0.1) is 11.3 Å². The summed E-state index contributed by atoms with van der Waals surface area (Å²) >= 11 is 0. The Labute approximate surface area is 142 Å². The first-order valence-electron chi connectivity index (χ1n) is 7.33. The minimum Gasteiger partial charge on any atom is -0.457 e. The van der Waals surface area contributed by atoms with Crippen molar-refractivity contribution in [2.24, 2.45) is 0 Å². The highest BCUT2D eigenvalue weighted by molar-refractivity contribution is 5.91. The summed E-state index contributed by atoms with van der Waals surface area (Å²) in [6.45, 7) is 0. The number of hydrogen-bond donors (Lipinski definition) is 2. The van der Waals surface area contributed by atoms with Crippen LogP contribution < -0.4 is 10.6 Å². The van der Waals surface area contributed by atoms with Crippen molar-refractivity contribution in [2.45, 2.75) is 6.04 Å². The van der Waals surface area contributed by atoms with E-state index in [2.05, 4.69) is 20.6 Å². The second-order valence-corrected chi connectivity index (χ2v) is 5.15. The highest BCUT2D eigenvalue weighted by Gasteiger charge is 2.22. The number of nitrogens with zero attached hydrogens (tertiary/aromatic N) is 3. The van der Waals surface area contributed by atoms with Crippen LogP contribution in [0.5, 0.6) is 0 Å². The smallest absolute Gasteiger partial charge is 0.251 e. The van der Waals surface area contributed by atoms with Gasteiger partial charge in [-0.2, -0.15) is 5.26 Å². The molecule has 2 amide bonds. The Morgan fingerprint density at radius 2 is 2.20 bits per heavy atom. The number of fused-ring (bicyclic) bond motifs is 1. The zero-order valence-electron chi connectivity index (χ0n) is 13.2. The van der Waals surface area contributed by atoms with Crippen molar-refractivity contribution in [3.8, 4) is 17.3 Å². The third-order valence-corrected chi connectivity index (χ3v) is 3.59. The van der Waals surface area contributed by atoms with Crippen molar-refractivity contribution in [1.82, 2.24) is 20.6 Å². The lowest BCUT2D eigenvalue weighted by molar-refractivity contribution is -0.127.